The van der Waals surface area contributed by atoms with E-state index in [1.807, 2.05) is 48.5 Å². The average molecular weight is 283 g/mol. The van der Waals surface area contributed by atoms with E-state index in [0.717, 1.165) is 30.5 Å². The number of aromatic hydroxyl groups is 1. The van der Waals surface area contributed by atoms with Crippen molar-refractivity contribution < 1.29 is 9.84 Å². The highest BCUT2D eigenvalue weighted by Gasteiger charge is 2.33. The molecule has 3 heteroatoms. The molecule has 1 atom stereocenters. The summed E-state index contributed by atoms with van der Waals surface area (Å²) < 4.78 is 5.79. The SMILES string of the molecule is CC1(c2cccc(OCc3ccccc3)c2O)CCCN1. The zero-order chi connectivity index (χ0) is 14.7. The van der Waals surface area contributed by atoms with Gasteiger partial charge in [-0.05, 0) is 37.9 Å². The van der Waals surface area contributed by atoms with Crippen molar-refractivity contribution in [3.8, 4) is 11.5 Å². The summed E-state index contributed by atoms with van der Waals surface area (Å²) >= 11 is 0. The Balaban J connectivity index is 1.80. The molecule has 0 saturated carbocycles. The summed E-state index contributed by atoms with van der Waals surface area (Å²) in [5.41, 5.74) is 1.86. The second kappa shape index (κ2) is 5.78. The average Bonchev–Trinajstić information content (AvgIpc) is 2.95. The van der Waals surface area contributed by atoms with Crippen LogP contribution in [0.4, 0.5) is 0 Å². The molecule has 110 valence electrons. The van der Waals surface area contributed by atoms with Gasteiger partial charge >= 0.3 is 0 Å². The fraction of sp³-hybridized carbons (Fsp3) is 0.333. The normalized spacial score (nSPS) is 21.4. The molecule has 1 saturated heterocycles. The predicted octanol–water partition coefficient (Wildman–Crippen LogP) is 3.57. The van der Waals surface area contributed by atoms with Crippen LogP contribution in [0.3, 0.4) is 0 Å². The first-order chi connectivity index (χ1) is 10.2. The lowest BCUT2D eigenvalue weighted by molar-refractivity contribution is 0.283. The zero-order valence-corrected chi connectivity index (χ0v) is 12.3. The molecule has 0 amide bonds. The first-order valence-electron chi connectivity index (χ1n) is 7.43. The van der Waals surface area contributed by atoms with E-state index in [2.05, 4.69) is 12.2 Å². The van der Waals surface area contributed by atoms with Gasteiger partial charge in [0, 0.05) is 11.1 Å². The molecule has 3 nitrogen and oxygen atoms in total. The molecule has 1 aliphatic heterocycles. The minimum absolute atomic E-state index is 0.157. The topological polar surface area (TPSA) is 41.5 Å². The Morgan fingerprint density at radius 3 is 2.67 bits per heavy atom. The van der Waals surface area contributed by atoms with Crippen molar-refractivity contribution in [2.75, 3.05) is 6.54 Å². The van der Waals surface area contributed by atoms with E-state index >= 15 is 0 Å². The van der Waals surface area contributed by atoms with Gasteiger partial charge in [-0.2, -0.15) is 0 Å². The number of benzene rings is 2. The molecule has 0 spiro atoms. The van der Waals surface area contributed by atoms with Crippen LogP contribution >= 0.6 is 0 Å². The van der Waals surface area contributed by atoms with Crippen molar-refractivity contribution in [1.82, 2.24) is 5.32 Å². The summed E-state index contributed by atoms with van der Waals surface area (Å²) in [7, 11) is 0. The molecule has 1 unspecified atom stereocenters. The minimum atomic E-state index is -0.157. The maximum Gasteiger partial charge on any atom is 0.162 e. The van der Waals surface area contributed by atoms with Crippen molar-refractivity contribution in [3.05, 3.63) is 59.7 Å². The molecular weight excluding hydrogens is 262 g/mol. The van der Waals surface area contributed by atoms with E-state index in [-0.39, 0.29) is 11.3 Å². The molecule has 0 aromatic heterocycles. The van der Waals surface area contributed by atoms with E-state index in [9.17, 15) is 5.11 Å². The standard InChI is InChI=1S/C18H21NO2/c1-18(11-6-12-19-18)15-9-5-10-16(17(15)20)21-13-14-7-3-2-4-8-14/h2-5,7-10,19-20H,6,11-13H2,1H3. The molecule has 2 aromatic carbocycles. The maximum atomic E-state index is 10.5. The molecule has 0 aliphatic carbocycles. The summed E-state index contributed by atoms with van der Waals surface area (Å²) in [6.07, 6.45) is 2.16. The van der Waals surface area contributed by atoms with Crippen molar-refractivity contribution in [2.24, 2.45) is 0 Å². The Kier molecular flexibility index (Phi) is 3.84. The summed E-state index contributed by atoms with van der Waals surface area (Å²) in [5, 5.41) is 14.0. The lowest BCUT2D eigenvalue weighted by atomic mass is 9.89. The molecule has 2 aromatic rings. The van der Waals surface area contributed by atoms with Gasteiger partial charge < -0.3 is 15.2 Å². The van der Waals surface area contributed by atoms with Crippen LogP contribution in [0.5, 0.6) is 11.5 Å². The fourth-order valence-corrected chi connectivity index (χ4v) is 2.94. The molecule has 1 fully saturated rings. The van der Waals surface area contributed by atoms with Crippen LogP contribution in [0.15, 0.2) is 48.5 Å². The van der Waals surface area contributed by atoms with Crippen molar-refractivity contribution in [3.63, 3.8) is 0 Å². The Morgan fingerprint density at radius 1 is 1.14 bits per heavy atom. The summed E-state index contributed by atoms with van der Waals surface area (Å²) in [5.74, 6) is 0.802. The van der Waals surface area contributed by atoms with Gasteiger partial charge in [0.25, 0.3) is 0 Å². The summed E-state index contributed by atoms with van der Waals surface area (Å²) in [6.45, 7) is 3.59. The third-order valence-corrected chi connectivity index (χ3v) is 4.20. The Hall–Kier alpha value is -2.00. The lowest BCUT2D eigenvalue weighted by Gasteiger charge is -2.26. The van der Waals surface area contributed by atoms with Crippen molar-refractivity contribution in [2.45, 2.75) is 31.9 Å². The first kappa shape index (κ1) is 14.0. The summed E-state index contributed by atoms with van der Waals surface area (Å²) in [6, 6.07) is 15.7. The van der Waals surface area contributed by atoms with Gasteiger partial charge in [-0.3, -0.25) is 0 Å². The highest BCUT2D eigenvalue weighted by Crippen LogP contribution is 2.40. The molecule has 0 radical (unpaired) electrons. The first-order valence-corrected chi connectivity index (χ1v) is 7.43. The maximum absolute atomic E-state index is 10.5. The van der Waals surface area contributed by atoms with Crippen LogP contribution in [-0.4, -0.2) is 11.7 Å². The monoisotopic (exact) mass is 283 g/mol. The second-order valence-corrected chi connectivity index (χ2v) is 5.79. The third kappa shape index (κ3) is 2.88. The van der Waals surface area contributed by atoms with Crippen molar-refractivity contribution in [1.29, 1.82) is 0 Å². The number of phenolic OH excluding ortho intramolecular Hbond substituents is 1. The molecule has 2 N–H and O–H groups in total. The van der Waals surface area contributed by atoms with Crippen LogP contribution in [0.1, 0.15) is 30.9 Å². The Labute approximate surface area is 125 Å². The zero-order valence-electron chi connectivity index (χ0n) is 12.3. The third-order valence-electron chi connectivity index (χ3n) is 4.20. The van der Waals surface area contributed by atoms with Crippen LogP contribution in [0.25, 0.3) is 0 Å². The van der Waals surface area contributed by atoms with Crippen LogP contribution in [0, 0.1) is 0 Å². The number of nitrogens with one attached hydrogen (secondary N) is 1. The molecule has 21 heavy (non-hydrogen) atoms. The van der Waals surface area contributed by atoms with E-state index in [4.69, 9.17) is 4.74 Å². The number of phenols is 1. The van der Waals surface area contributed by atoms with E-state index in [1.165, 1.54) is 0 Å². The van der Waals surface area contributed by atoms with E-state index in [1.54, 1.807) is 0 Å². The van der Waals surface area contributed by atoms with Gasteiger partial charge in [-0.15, -0.1) is 0 Å². The molecule has 3 rings (SSSR count). The summed E-state index contributed by atoms with van der Waals surface area (Å²) in [4.78, 5) is 0. The number of hydrogen-bond donors (Lipinski definition) is 2. The largest absolute Gasteiger partial charge is 0.504 e. The highest BCUT2D eigenvalue weighted by molar-refractivity contribution is 5.49. The van der Waals surface area contributed by atoms with Gasteiger partial charge in [0.2, 0.25) is 0 Å². The minimum Gasteiger partial charge on any atom is -0.504 e. The Morgan fingerprint density at radius 2 is 1.95 bits per heavy atom. The van der Waals surface area contributed by atoms with Gasteiger partial charge in [0.15, 0.2) is 11.5 Å². The Bertz CT molecular complexity index is 604. The number of hydrogen-bond acceptors (Lipinski definition) is 3. The van der Waals surface area contributed by atoms with Gasteiger partial charge in [-0.25, -0.2) is 0 Å². The van der Waals surface area contributed by atoms with Crippen molar-refractivity contribution >= 4 is 0 Å². The highest BCUT2D eigenvalue weighted by atomic mass is 16.5. The molecule has 1 aliphatic rings. The number of ether oxygens (including phenoxy) is 1. The van der Waals surface area contributed by atoms with E-state index < -0.39 is 0 Å². The van der Waals surface area contributed by atoms with Crippen LogP contribution in [0.2, 0.25) is 0 Å². The molecule has 0 bridgehead atoms. The lowest BCUT2D eigenvalue weighted by Crippen LogP contribution is -2.33. The quantitative estimate of drug-likeness (QED) is 0.901. The molecular formula is C18H21NO2. The van der Waals surface area contributed by atoms with Crippen LogP contribution in [-0.2, 0) is 12.1 Å². The number of para-hydroxylation sites is 1. The molecule has 1 heterocycles. The van der Waals surface area contributed by atoms with Gasteiger partial charge in [0.1, 0.15) is 6.61 Å². The fourth-order valence-electron chi connectivity index (χ4n) is 2.94. The predicted molar refractivity (Wildman–Crippen MR) is 83.5 cm³/mol. The van der Waals surface area contributed by atoms with Gasteiger partial charge in [-0.1, -0.05) is 42.5 Å². The van der Waals surface area contributed by atoms with Gasteiger partial charge in [0.05, 0.1) is 0 Å². The second-order valence-electron chi connectivity index (χ2n) is 5.79. The number of rotatable bonds is 4. The van der Waals surface area contributed by atoms with E-state index in [0.29, 0.717) is 12.4 Å². The smallest absolute Gasteiger partial charge is 0.162 e. The van der Waals surface area contributed by atoms with Crippen LogP contribution < -0.4 is 10.1 Å².